The molecule has 1 heterocycles. The van der Waals surface area contributed by atoms with Crippen LogP contribution in [0.4, 0.5) is 17.1 Å². The van der Waals surface area contributed by atoms with Gasteiger partial charge < -0.3 is 5.21 Å². The molecule has 3 N–H and O–H groups in total. The number of hydrogen-bond acceptors (Lipinski definition) is 4. The molecule has 0 saturated carbocycles. The van der Waals surface area contributed by atoms with Crippen molar-refractivity contribution >= 4 is 27.1 Å². The zero-order valence-electron chi connectivity index (χ0n) is 14.0. The number of para-hydroxylation sites is 2. The Labute approximate surface area is 151 Å². The van der Waals surface area contributed by atoms with Gasteiger partial charge in [0.05, 0.1) is 10.6 Å². The fraction of sp³-hybridized carbons (Fsp3) is 0.0526. The SMILES string of the molecule is Cc1ccc(S(=O)(=O)Nc2cccc3c2[NH+]([O-])Nc2ccccc2-3)cc1. The highest BCUT2D eigenvalue weighted by Crippen LogP contribution is 2.38. The summed E-state index contributed by atoms with van der Waals surface area (Å²) in [7, 11) is -3.79. The molecule has 3 aromatic rings. The first-order valence-electron chi connectivity index (χ1n) is 8.09. The zero-order chi connectivity index (χ0) is 18.3. The topological polar surface area (TPSA) is 85.7 Å². The van der Waals surface area contributed by atoms with E-state index in [2.05, 4.69) is 10.1 Å². The fourth-order valence-corrected chi connectivity index (χ4v) is 4.11. The van der Waals surface area contributed by atoms with Crippen LogP contribution in [0.3, 0.4) is 0 Å². The maximum absolute atomic E-state index is 12.7. The molecular formula is C19H17N3O3S. The summed E-state index contributed by atoms with van der Waals surface area (Å²) in [6, 6.07) is 19.1. The number of anilines is 2. The van der Waals surface area contributed by atoms with Gasteiger partial charge in [0.15, 0.2) is 5.69 Å². The van der Waals surface area contributed by atoms with Crippen molar-refractivity contribution < 1.29 is 13.6 Å². The van der Waals surface area contributed by atoms with E-state index in [-0.39, 0.29) is 15.8 Å². The molecular weight excluding hydrogens is 350 g/mol. The van der Waals surface area contributed by atoms with Crippen molar-refractivity contribution in [3.8, 4) is 11.1 Å². The van der Waals surface area contributed by atoms with Gasteiger partial charge >= 0.3 is 0 Å². The van der Waals surface area contributed by atoms with Crippen LogP contribution in [0, 0.1) is 12.1 Å². The first-order valence-corrected chi connectivity index (χ1v) is 9.57. The van der Waals surface area contributed by atoms with Gasteiger partial charge in [0.2, 0.25) is 0 Å². The molecule has 0 amide bonds. The van der Waals surface area contributed by atoms with Crippen LogP contribution in [0.2, 0.25) is 0 Å². The minimum atomic E-state index is -3.79. The Morgan fingerprint density at radius 3 is 2.38 bits per heavy atom. The molecule has 1 atom stereocenters. The van der Waals surface area contributed by atoms with Crippen LogP contribution in [-0.4, -0.2) is 8.42 Å². The van der Waals surface area contributed by atoms with E-state index in [1.54, 1.807) is 36.4 Å². The van der Waals surface area contributed by atoms with Crippen molar-refractivity contribution in [1.82, 2.24) is 0 Å². The quantitative estimate of drug-likeness (QED) is 0.622. The van der Waals surface area contributed by atoms with Gasteiger partial charge in [-0.3, -0.25) is 4.72 Å². The summed E-state index contributed by atoms with van der Waals surface area (Å²) in [5.74, 6) is 0. The highest BCUT2D eigenvalue weighted by atomic mass is 32.2. The van der Waals surface area contributed by atoms with Crippen molar-refractivity contribution in [3.05, 3.63) is 77.5 Å². The molecule has 0 radical (unpaired) electrons. The Hall–Kier alpha value is -2.87. The Kier molecular flexibility index (Phi) is 3.91. The lowest BCUT2D eigenvalue weighted by atomic mass is 9.99. The molecule has 0 bridgehead atoms. The molecule has 0 spiro atoms. The third kappa shape index (κ3) is 2.82. The van der Waals surface area contributed by atoms with Gasteiger partial charge in [0, 0.05) is 11.1 Å². The number of nitrogens with one attached hydrogen (secondary N) is 3. The number of sulfonamides is 1. The van der Waals surface area contributed by atoms with E-state index < -0.39 is 10.0 Å². The van der Waals surface area contributed by atoms with Gasteiger partial charge in [-0.25, -0.2) is 19.0 Å². The Morgan fingerprint density at radius 2 is 1.62 bits per heavy atom. The molecule has 0 saturated heterocycles. The van der Waals surface area contributed by atoms with Crippen molar-refractivity contribution in [2.45, 2.75) is 11.8 Å². The largest absolute Gasteiger partial charge is 0.603 e. The van der Waals surface area contributed by atoms with Crippen LogP contribution in [0.1, 0.15) is 5.56 Å². The van der Waals surface area contributed by atoms with E-state index in [9.17, 15) is 13.6 Å². The average Bonchev–Trinajstić information content (AvgIpc) is 2.62. The average molecular weight is 367 g/mol. The number of rotatable bonds is 3. The monoisotopic (exact) mass is 367 g/mol. The van der Waals surface area contributed by atoms with E-state index in [0.29, 0.717) is 16.9 Å². The van der Waals surface area contributed by atoms with Gasteiger partial charge in [0.1, 0.15) is 5.69 Å². The van der Waals surface area contributed by atoms with E-state index in [1.807, 2.05) is 37.3 Å². The summed E-state index contributed by atoms with van der Waals surface area (Å²) < 4.78 is 28.0. The summed E-state index contributed by atoms with van der Waals surface area (Å²) in [6.07, 6.45) is 0. The smallest absolute Gasteiger partial charge is 0.262 e. The van der Waals surface area contributed by atoms with Crippen LogP contribution in [0.15, 0.2) is 71.6 Å². The zero-order valence-corrected chi connectivity index (χ0v) is 14.8. The number of fused-ring (bicyclic) bond motifs is 3. The van der Waals surface area contributed by atoms with Crippen molar-refractivity contribution in [3.63, 3.8) is 0 Å². The summed E-state index contributed by atoms with van der Waals surface area (Å²) in [5, 5.41) is 12.3. The van der Waals surface area contributed by atoms with E-state index in [4.69, 9.17) is 0 Å². The fourth-order valence-electron chi connectivity index (χ4n) is 3.04. The summed E-state index contributed by atoms with van der Waals surface area (Å²) >= 11 is 0. The Bertz CT molecular complexity index is 1080. The maximum atomic E-state index is 12.7. The summed E-state index contributed by atoms with van der Waals surface area (Å²) in [4.78, 5) is 0.150. The lowest BCUT2D eigenvalue weighted by Crippen LogP contribution is -3.06. The lowest BCUT2D eigenvalue weighted by molar-refractivity contribution is -0.749. The summed E-state index contributed by atoms with van der Waals surface area (Å²) in [5.41, 5.74) is 6.64. The lowest BCUT2D eigenvalue weighted by Gasteiger charge is -2.32. The maximum Gasteiger partial charge on any atom is 0.262 e. The third-order valence-corrected chi connectivity index (χ3v) is 5.71. The van der Waals surface area contributed by atoms with E-state index in [0.717, 1.165) is 11.1 Å². The summed E-state index contributed by atoms with van der Waals surface area (Å²) in [6.45, 7) is 1.89. The molecule has 1 aliphatic rings. The van der Waals surface area contributed by atoms with E-state index in [1.165, 1.54) is 0 Å². The molecule has 1 unspecified atom stereocenters. The molecule has 4 rings (SSSR count). The molecule has 132 valence electrons. The standard InChI is InChI=1S/C19H17N3O3S/c1-13-9-11-14(12-10-13)26(24,25)21-18-8-4-6-16-15-5-2-3-7-17(15)20-22(23)19(16)18/h2-12,20-22H,1H3. The third-order valence-electron chi connectivity index (χ3n) is 4.33. The molecule has 3 aromatic carbocycles. The predicted octanol–water partition coefficient (Wildman–Crippen LogP) is 2.82. The molecule has 6 nitrogen and oxygen atoms in total. The van der Waals surface area contributed by atoms with Gasteiger partial charge in [-0.15, -0.1) is 0 Å². The first-order chi connectivity index (χ1) is 12.5. The normalized spacial score (nSPS) is 15.5. The number of hydrogen-bond donors (Lipinski definition) is 3. The molecule has 0 fully saturated rings. The minimum Gasteiger partial charge on any atom is -0.603 e. The van der Waals surface area contributed by atoms with Crippen LogP contribution in [0.5, 0.6) is 0 Å². The van der Waals surface area contributed by atoms with Gasteiger partial charge in [-0.1, -0.05) is 42.0 Å². The number of benzene rings is 3. The second-order valence-corrected chi connectivity index (χ2v) is 7.83. The molecule has 7 heteroatoms. The Morgan fingerprint density at radius 1 is 0.923 bits per heavy atom. The highest BCUT2D eigenvalue weighted by molar-refractivity contribution is 7.92. The predicted molar refractivity (Wildman–Crippen MR) is 101 cm³/mol. The number of aryl methyl sites for hydroxylation is 1. The van der Waals surface area contributed by atoms with Gasteiger partial charge in [-0.05, 0) is 37.3 Å². The van der Waals surface area contributed by atoms with Crippen LogP contribution in [-0.2, 0) is 10.0 Å². The highest BCUT2D eigenvalue weighted by Gasteiger charge is 2.27. The van der Waals surface area contributed by atoms with Crippen LogP contribution < -0.4 is 15.3 Å². The number of quaternary nitrogens is 1. The molecule has 0 aromatic heterocycles. The first kappa shape index (κ1) is 16.6. The molecule has 26 heavy (non-hydrogen) atoms. The van der Waals surface area contributed by atoms with Crippen molar-refractivity contribution in [2.75, 3.05) is 10.1 Å². The second kappa shape index (κ2) is 6.14. The van der Waals surface area contributed by atoms with Gasteiger partial charge in [0.25, 0.3) is 10.0 Å². The molecule has 1 aliphatic heterocycles. The van der Waals surface area contributed by atoms with Crippen molar-refractivity contribution in [1.29, 1.82) is 0 Å². The molecule has 0 aliphatic carbocycles. The van der Waals surface area contributed by atoms with E-state index >= 15 is 0 Å². The minimum absolute atomic E-state index is 0.150. The second-order valence-electron chi connectivity index (χ2n) is 6.15. The Balaban J connectivity index is 1.79. The van der Waals surface area contributed by atoms with Crippen molar-refractivity contribution in [2.24, 2.45) is 0 Å². The van der Waals surface area contributed by atoms with Crippen LogP contribution >= 0.6 is 0 Å². The van der Waals surface area contributed by atoms with Gasteiger partial charge in [-0.2, -0.15) is 0 Å². The van der Waals surface area contributed by atoms with Crippen LogP contribution in [0.25, 0.3) is 11.1 Å².